The highest BCUT2D eigenvalue weighted by molar-refractivity contribution is 7.22. The van der Waals surface area contributed by atoms with E-state index in [1.165, 1.54) is 11.3 Å². The van der Waals surface area contributed by atoms with Crippen molar-refractivity contribution in [2.24, 2.45) is 0 Å². The number of nitrogens with two attached hydrogens (primary N) is 1. The number of carbonyl (C=O) groups is 1. The van der Waals surface area contributed by atoms with Crippen LogP contribution in [0.4, 0.5) is 10.8 Å². The number of nitrogens with zero attached hydrogens (tertiary/aromatic N) is 1. The predicted octanol–water partition coefficient (Wildman–Crippen LogP) is 3.89. The molecule has 0 fully saturated rings. The van der Waals surface area contributed by atoms with Crippen molar-refractivity contribution in [3.05, 3.63) is 48.2 Å². The van der Waals surface area contributed by atoms with Crippen LogP contribution in [0.5, 0.6) is 5.75 Å². The molecule has 24 heavy (non-hydrogen) atoms. The predicted molar refractivity (Wildman–Crippen MR) is 94.8 cm³/mol. The summed E-state index contributed by atoms with van der Waals surface area (Å²) in [4.78, 5) is 16.7. The third-order valence-electron chi connectivity index (χ3n) is 3.60. The summed E-state index contributed by atoms with van der Waals surface area (Å²) in [7, 11) is 1.55. The summed E-state index contributed by atoms with van der Waals surface area (Å²) in [6.45, 7) is 0. The summed E-state index contributed by atoms with van der Waals surface area (Å²) in [6, 6.07) is 12.7. The number of anilines is 2. The smallest absolute Gasteiger partial charge is 0.291 e. The maximum Gasteiger partial charge on any atom is 0.291 e. The molecule has 0 saturated carbocycles. The number of hydrogen-bond acceptors (Lipinski definition) is 6. The highest BCUT2D eigenvalue weighted by Gasteiger charge is 2.15. The van der Waals surface area contributed by atoms with Gasteiger partial charge in [-0.3, -0.25) is 4.79 Å². The fraction of sp³-hybridized carbons (Fsp3) is 0.0588. The van der Waals surface area contributed by atoms with Gasteiger partial charge in [-0.1, -0.05) is 29.5 Å². The SMILES string of the molecule is COc1cc(NC(=O)c2cc3ccccc3o2)cc2sc(N)nc12. The highest BCUT2D eigenvalue weighted by Crippen LogP contribution is 2.34. The van der Waals surface area contributed by atoms with Crippen molar-refractivity contribution < 1.29 is 13.9 Å². The molecule has 2 aromatic heterocycles. The molecule has 2 aromatic carbocycles. The number of furan rings is 1. The zero-order valence-corrected chi connectivity index (χ0v) is 13.5. The lowest BCUT2D eigenvalue weighted by Gasteiger charge is -2.06. The summed E-state index contributed by atoms with van der Waals surface area (Å²) >= 11 is 1.33. The number of para-hydroxylation sites is 1. The second-order valence-electron chi connectivity index (χ2n) is 5.18. The number of amides is 1. The molecule has 6 nitrogen and oxygen atoms in total. The number of thiazole rings is 1. The van der Waals surface area contributed by atoms with E-state index in [-0.39, 0.29) is 11.7 Å². The number of fused-ring (bicyclic) bond motifs is 2. The van der Waals surface area contributed by atoms with Gasteiger partial charge >= 0.3 is 0 Å². The molecule has 0 spiro atoms. The maximum atomic E-state index is 12.4. The largest absolute Gasteiger partial charge is 0.494 e. The lowest BCUT2D eigenvalue weighted by molar-refractivity contribution is 0.0998. The average molecular weight is 339 g/mol. The fourth-order valence-corrected chi connectivity index (χ4v) is 3.32. The Morgan fingerprint density at radius 2 is 2.12 bits per heavy atom. The molecule has 0 atom stereocenters. The lowest BCUT2D eigenvalue weighted by atomic mass is 10.2. The molecule has 3 N–H and O–H groups in total. The van der Waals surface area contributed by atoms with Crippen LogP contribution in [0, 0.1) is 0 Å². The van der Waals surface area contributed by atoms with Gasteiger partial charge in [-0.05, 0) is 18.2 Å². The molecule has 4 rings (SSSR count). The Balaban J connectivity index is 1.69. The molecule has 4 aromatic rings. The molecular weight excluding hydrogens is 326 g/mol. The molecule has 2 heterocycles. The number of nitrogen functional groups attached to an aromatic ring is 1. The first-order chi connectivity index (χ1) is 11.6. The van der Waals surface area contributed by atoms with E-state index in [4.69, 9.17) is 14.9 Å². The standard InChI is InChI=1S/C17H13N3O3S/c1-22-12-7-10(8-14-15(12)20-17(18)24-14)19-16(21)13-6-9-4-2-3-5-11(9)23-13/h2-8H,1H3,(H2,18,20)(H,19,21). The maximum absolute atomic E-state index is 12.4. The van der Waals surface area contributed by atoms with Gasteiger partial charge in [-0.15, -0.1) is 0 Å². The van der Waals surface area contributed by atoms with Crippen LogP contribution in [0.1, 0.15) is 10.6 Å². The van der Waals surface area contributed by atoms with Gasteiger partial charge in [0.1, 0.15) is 16.8 Å². The fourth-order valence-electron chi connectivity index (χ4n) is 2.53. The Labute approximate surface area is 140 Å². The molecule has 0 saturated heterocycles. The molecule has 1 amide bonds. The van der Waals surface area contributed by atoms with Crippen molar-refractivity contribution in [2.45, 2.75) is 0 Å². The van der Waals surface area contributed by atoms with E-state index >= 15 is 0 Å². The first kappa shape index (κ1) is 14.5. The van der Waals surface area contributed by atoms with Crippen molar-refractivity contribution in [3.63, 3.8) is 0 Å². The van der Waals surface area contributed by atoms with Crippen LogP contribution in [0.2, 0.25) is 0 Å². The molecular formula is C17H13N3O3S. The Bertz CT molecular complexity index is 1030. The number of methoxy groups -OCH3 is 1. The van der Waals surface area contributed by atoms with Crippen LogP contribution < -0.4 is 15.8 Å². The Morgan fingerprint density at radius 3 is 2.92 bits per heavy atom. The third kappa shape index (κ3) is 2.44. The van der Waals surface area contributed by atoms with Crippen molar-refractivity contribution in [2.75, 3.05) is 18.2 Å². The molecule has 120 valence electrons. The minimum absolute atomic E-state index is 0.249. The summed E-state index contributed by atoms with van der Waals surface area (Å²) in [5.74, 6) is 0.476. The van der Waals surface area contributed by atoms with E-state index in [1.807, 2.05) is 30.3 Å². The second kappa shape index (κ2) is 5.54. The van der Waals surface area contributed by atoms with E-state index in [1.54, 1.807) is 19.2 Å². The number of rotatable bonds is 3. The third-order valence-corrected chi connectivity index (χ3v) is 4.44. The molecule has 7 heteroatoms. The van der Waals surface area contributed by atoms with Gasteiger partial charge in [0, 0.05) is 17.1 Å². The minimum atomic E-state index is -0.329. The summed E-state index contributed by atoms with van der Waals surface area (Å²) in [5.41, 5.74) is 7.69. The van der Waals surface area contributed by atoms with Crippen molar-refractivity contribution >= 4 is 49.2 Å². The second-order valence-corrected chi connectivity index (χ2v) is 6.24. The van der Waals surface area contributed by atoms with Crippen molar-refractivity contribution in [1.82, 2.24) is 4.98 Å². The number of nitrogens with one attached hydrogen (secondary N) is 1. The average Bonchev–Trinajstić information content (AvgIpc) is 3.16. The Kier molecular flexibility index (Phi) is 3.35. The summed E-state index contributed by atoms with van der Waals surface area (Å²) < 4.78 is 11.7. The molecule has 0 aliphatic heterocycles. The van der Waals surface area contributed by atoms with Crippen LogP contribution in [0.3, 0.4) is 0 Å². The minimum Gasteiger partial charge on any atom is -0.494 e. The first-order valence-corrected chi connectivity index (χ1v) is 7.99. The summed E-state index contributed by atoms with van der Waals surface area (Å²) in [5, 5.41) is 4.15. The van der Waals surface area contributed by atoms with Gasteiger partial charge < -0.3 is 20.2 Å². The number of ether oxygens (including phenoxy) is 1. The van der Waals surface area contributed by atoms with Gasteiger partial charge in [-0.2, -0.15) is 0 Å². The van der Waals surface area contributed by atoms with Crippen LogP contribution in [0.15, 0.2) is 46.9 Å². The van der Waals surface area contributed by atoms with Gasteiger partial charge in [0.25, 0.3) is 5.91 Å². The number of benzene rings is 2. The normalized spacial score (nSPS) is 11.0. The van der Waals surface area contributed by atoms with Crippen molar-refractivity contribution in [3.8, 4) is 5.75 Å². The zero-order chi connectivity index (χ0) is 16.7. The molecule has 0 radical (unpaired) electrons. The lowest BCUT2D eigenvalue weighted by Crippen LogP contribution is -2.10. The molecule has 0 aliphatic carbocycles. The zero-order valence-electron chi connectivity index (χ0n) is 12.7. The molecule has 0 aliphatic rings. The topological polar surface area (TPSA) is 90.4 Å². The Hall–Kier alpha value is -3.06. The van der Waals surface area contributed by atoms with Crippen LogP contribution in [0.25, 0.3) is 21.2 Å². The number of carbonyl (C=O) groups excluding carboxylic acids is 1. The summed E-state index contributed by atoms with van der Waals surface area (Å²) in [6.07, 6.45) is 0. The van der Waals surface area contributed by atoms with Gasteiger partial charge in [0.15, 0.2) is 10.9 Å². The van der Waals surface area contributed by atoms with E-state index in [9.17, 15) is 4.79 Å². The quantitative estimate of drug-likeness (QED) is 0.591. The van der Waals surface area contributed by atoms with Crippen LogP contribution in [-0.4, -0.2) is 18.0 Å². The van der Waals surface area contributed by atoms with Crippen molar-refractivity contribution in [1.29, 1.82) is 0 Å². The van der Waals surface area contributed by atoms with E-state index in [0.29, 0.717) is 27.7 Å². The Morgan fingerprint density at radius 1 is 1.29 bits per heavy atom. The van der Waals surface area contributed by atoms with Gasteiger partial charge in [-0.25, -0.2) is 4.98 Å². The first-order valence-electron chi connectivity index (χ1n) is 7.18. The van der Waals surface area contributed by atoms with E-state index < -0.39 is 0 Å². The van der Waals surface area contributed by atoms with E-state index in [0.717, 1.165) is 10.1 Å². The molecule has 0 unspecified atom stereocenters. The monoisotopic (exact) mass is 339 g/mol. The van der Waals surface area contributed by atoms with Crippen LogP contribution >= 0.6 is 11.3 Å². The van der Waals surface area contributed by atoms with E-state index in [2.05, 4.69) is 10.3 Å². The number of aromatic nitrogens is 1. The molecule has 0 bridgehead atoms. The van der Waals surface area contributed by atoms with Gasteiger partial charge in [0.05, 0.1) is 11.8 Å². The van der Waals surface area contributed by atoms with Gasteiger partial charge in [0.2, 0.25) is 0 Å². The number of hydrogen-bond donors (Lipinski definition) is 2. The highest BCUT2D eigenvalue weighted by atomic mass is 32.1. The van der Waals surface area contributed by atoms with Crippen LogP contribution in [-0.2, 0) is 0 Å².